The molecule has 0 bridgehead atoms. The number of rotatable bonds is 5. The van der Waals surface area contributed by atoms with Gasteiger partial charge >= 0.3 is 0 Å². The summed E-state index contributed by atoms with van der Waals surface area (Å²) in [4.78, 5) is 11.8. The van der Waals surface area contributed by atoms with Crippen molar-refractivity contribution in [2.75, 3.05) is 19.8 Å². The van der Waals surface area contributed by atoms with Crippen molar-refractivity contribution in [3.05, 3.63) is 0 Å². The monoisotopic (exact) mass is 215 g/mol. The van der Waals surface area contributed by atoms with Crippen molar-refractivity contribution in [3.63, 3.8) is 0 Å². The molecule has 0 aromatic rings. The first kappa shape index (κ1) is 12.5. The van der Waals surface area contributed by atoms with Crippen LogP contribution in [0.15, 0.2) is 0 Å². The maximum absolute atomic E-state index is 11.8. The summed E-state index contributed by atoms with van der Waals surface area (Å²) in [5.41, 5.74) is -0.283. The van der Waals surface area contributed by atoms with Crippen LogP contribution in [0.3, 0.4) is 0 Å². The molecule has 4 nitrogen and oxygen atoms in total. The predicted octanol–water partition coefficient (Wildman–Crippen LogP) is 0.690. The molecule has 1 fully saturated rings. The van der Waals surface area contributed by atoms with Crippen molar-refractivity contribution < 1.29 is 14.6 Å². The van der Waals surface area contributed by atoms with Gasteiger partial charge in [-0.05, 0) is 26.2 Å². The summed E-state index contributed by atoms with van der Waals surface area (Å²) < 4.78 is 5.18. The standard InChI is InChI=1S/C11H21NO3/c1-3-11(2,5-6-13)12-10(14)9-4-7-15-8-9/h9,13H,3-8H2,1-2H3,(H,12,14). The summed E-state index contributed by atoms with van der Waals surface area (Å²) in [6.07, 6.45) is 2.24. The van der Waals surface area contributed by atoms with Crippen molar-refractivity contribution in [1.82, 2.24) is 5.32 Å². The van der Waals surface area contributed by atoms with Crippen LogP contribution in [0.2, 0.25) is 0 Å². The number of hydrogen-bond acceptors (Lipinski definition) is 3. The molecular formula is C11H21NO3. The molecule has 0 radical (unpaired) electrons. The smallest absolute Gasteiger partial charge is 0.225 e. The Morgan fingerprint density at radius 3 is 2.87 bits per heavy atom. The highest BCUT2D eigenvalue weighted by molar-refractivity contribution is 5.79. The van der Waals surface area contributed by atoms with E-state index in [0.717, 1.165) is 12.8 Å². The number of nitrogens with one attached hydrogen (secondary N) is 1. The fourth-order valence-corrected chi connectivity index (χ4v) is 1.72. The number of aliphatic hydroxyl groups is 1. The molecule has 0 aromatic heterocycles. The Bertz CT molecular complexity index is 214. The largest absolute Gasteiger partial charge is 0.396 e. The lowest BCUT2D eigenvalue weighted by atomic mass is 9.93. The minimum Gasteiger partial charge on any atom is -0.396 e. The number of carbonyl (C=O) groups excluding carboxylic acids is 1. The molecule has 0 saturated carbocycles. The summed E-state index contributed by atoms with van der Waals surface area (Å²) in [6.45, 7) is 5.30. The van der Waals surface area contributed by atoms with Crippen LogP contribution in [0, 0.1) is 5.92 Å². The first-order chi connectivity index (χ1) is 7.11. The van der Waals surface area contributed by atoms with Gasteiger partial charge in [0.25, 0.3) is 0 Å². The summed E-state index contributed by atoms with van der Waals surface area (Å²) in [6, 6.07) is 0. The number of ether oxygens (including phenoxy) is 1. The highest BCUT2D eigenvalue weighted by Crippen LogP contribution is 2.18. The molecule has 1 heterocycles. The Kier molecular flexibility index (Phi) is 4.54. The topological polar surface area (TPSA) is 58.6 Å². The summed E-state index contributed by atoms with van der Waals surface area (Å²) in [5, 5.41) is 11.9. The van der Waals surface area contributed by atoms with Crippen LogP contribution < -0.4 is 5.32 Å². The zero-order chi connectivity index (χ0) is 11.3. The van der Waals surface area contributed by atoms with E-state index in [1.54, 1.807) is 0 Å². The number of aliphatic hydroxyl groups excluding tert-OH is 1. The van der Waals surface area contributed by atoms with Crippen molar-refractivity contribution >= 4 is 5.91 Å². The maximum Gasteiger partial charge on any atom is 0.225 e. The van der Waals surface area contributed by atoms with Gasteiger partial charge in [-0.2, -0.15) is 0 Å². The van der Waals surface area contributed by atoms with Crippen LogP contribution in [-0.4, -0.2) is 36.4 Å². The van der Waals surface area contributed by atoms with Gasteiger partial charge in [-0.3, -0.25) is 4.79 Å². The second kappa shape index (κ2) is 5.47. The molecular weight excluding hydrogens is 194 g/mol. The van der Waals surface area contributed by atoms with Crippen molar-refractivity contribution in [2.45, 2.75) is 38.6 Å². The SMILES string of the molecule is CCC(C)(CCO)NC(=O)C1CCOC1. The molecule has 88 valence electrons. The summed E-state index contributed by atoms with van der Waals surface area (Å²) in [5.74, 6) is 0.0554. The minimum absolute atomic E-state index is 0.00503. The Morgan fingerprint density at radius 1 is 1.67 bits per heavy atom. The van der Waals surface area contributed by atoms with Gasteiger partial charge in [0.05, 0.1) is 12.5 Å². The normalized spacial score (nSPS) is 24.9. The van der Waals surface area contributed by atoms with Crippen LogP contribution in [0.25, 0.3) is 0 Å². The summed E-state index contributed by atoms with van der Waals surface area (Å²) in [7, 11) is 0. The second-order valence-corrected chi connectivity index (χ2v) is 4.44. The fraction of sp³-hybridized carbons (Fsp3) is 0.909. The van der Waals surface area contributed by atoms with Gasteiger partial charge in [0.15, 0.2) is 0 Å². The quantitative estimate of drug-likeness (QED) is 0.709. The van der Waals surface area contributed by atoms with Crippen LogP contribution in [-0.2, 0) is 9.53 Å². The molecule has 1 aliphatic heterocycles. The van der Waals surface area contributed by atoms with Crippen LogP contribution in [0.4, 0.5) is 0 Å². The molecule has 2 N–H and O–H groups in total. The number of amides is 1. The zero-order valence-corrected chi connectivity index (χ0v) is 9.58. The highest BCUT2D eigenvalue weighted by Gasteiger charge is 2.29. The first-order valence-electron chi connectivity index (χ1n) is 5.62. The van der Waals surface area contributed by atoms with Gasteiger partial charge in [0.1, 0.15) is 0 Å². The molecule has 0 aliphatic carbocycles. The van der Waals surface area contributed by atoms with Crippen LogP contribution in [0.1, 0.15) is 33.1 Å². The predicted molar refractivity (Wildman–Crippen MR) is 57.5 cm³/mol. The third-order valence-corrected chi connectivity index (χ3v) is 3.17. The number of carbonyl (C=O) groups is 1. The molecule has 4 heteroatoms. The molecule has 2 unspecified atom stereocenters. The van der Waals surface area contributed by atoms with E-state index in [0.29, 0.717) is 19.6 Å². The van der Waals surface area contributed by atoms with Gasteiger partial charge in [-0.25, -0.2) is 0 Å². The van der Waals surface area contributed by atoms with E-state index in [4.69, 9.17) is 9.84 Å². The first-order valence-corrected chi connectivity index (χ1v) is 5.62. The van der Waals surface area contributed by atoms with E-state index in [-0.39, 0.29) is 24.0 Å². The van der Waals surface area contributed by atoms with Gasteiger partial charge in [0, 0.05) is 18.8 Å². The van der Waals surface area contributed by atoms with Gasteiger partial charge in [-0.15, -0.1) is 0 Å². The fourth-order valence-electron chi connectivity index (χ4n) is 1.72. The van der Waals surface area contributed by atoms with Crippen LogP contribution >= 0.6 is 0 Å². The lowest BCUT2D eigenvalue weighted by molar-refractivity contribution is -0.127. The van der Waals surface area contributed by atoms with E-state index in [1.165, 1.54) is 0 Å². The minimum atomic E-state index is -0.283. The Balaban J connectivity index is 2.46. The molecule has 1 aliphatic rings. The lowest BCUT2D eigenvalue weighted by Crippen LogP contribution is -2.48. The lowest BCUT2D eigenvalue weighted by Gasteiger charge is -2.30. The third-order valence-electron chi connectivity index (χ3n) is 3.17. The number of hydrogen-bond donors (Lipinski definition) is 2. The van der Waals surface area contributed by atoms with Gasteiger partial charge in [-0.1, -0.05) is 6.92 Å². The Labute approximate surface area is 91.0 Å². The Hall–Kier alpha value is -0.610. The van der Waals surface area contributed by atoms with Crippen molar-refractivity contribution in [1.29, 1.82) is 0 Å². The van der Waals surface area contributed by atoms with Gasteiger partial charge < -0.3 is 15.2 Å². The van der Waals surface area contributed by atoms with E-state index in [1.807, 2.05) is 13.8 Å². The molecule has 0 spiro atoms. The maximum atomic E-state index is 11.8. The van der Waals surface area contributed by atoms with Gasteiger partial charge in [0.2, 0.25) is 5.91 Å². The molecule has 0 aromatic carbocycles. The molecule has 2 atom stereocenters. The summed E-state index contributed by atoms with van der Waals surface area (Å²) >= 11 is 0. The highest BCUT2D eigenvalue weighted by atomic mass is 16.5. The molecule has 1 rings (SSSR count). The Morgan fingerprint density at radius 2 is 2.40 bits per heavy atom. The average Bonchev–Trinajstić information content (AvgIpc) is 2.71. The third kappa shape index (κ3) is 3.47. The van der Waals surface area contributed by atoms with E-state index >= 15 is 0 Å². The zero-order valence-electron chi connectivity index (χ0n) is 9.58. The molecule has 1 saturated heterocycles. The van der Waals surface area contributed by atoms with Crippen molar-refractivity contribution in [3.8, 4) is 0 Å². The van der Waals surface area contributed by atoms with Crippen LogP contribution in [0.5, 0.6) is 0 Å². The molecule has 1 amide bonds. The average molecular weight is 215 g/mol. The van der Waals surface area contributed by atoms with E-state index < -0.39 is 0 Å². The van der Waals surface area contributed by atoms with Crippen molar-refractivity contribution in [2.24, 2.45) is 5.92 Å². The molecule has 15 heavy (non-hydrogen) atoms. The second-order valence-electron chi connectivity index (χ2n) is 4.44. The van der Waals surface area contributed by atoms with E-state index in [9.17, 15) is 4.79 Å². The van der Waals surface area contributed by atoms with E-state index in [2.05, 4.69) is 5.32 Å².